The number of nitrogens with zero attached hydrogens (tertiary/aromatic N) is 2. The number of hydrogen-bond acceptors (Lipinski definition) is 5. The van der Waals surface area contributed by atoms with Crippen molar-refractivity contribution in [2.75, 3.05) is 11.1 Å². The smallest absolute Gasteiger partial charge is 0.270 e. The Bertz CT molecular complexity index is 964. The third-order valence-electron chi connectivity index (χ3n) is 6.26. The first-order valence-electron chi connectivity index (χ1n) is 9.82. The zero-order chi connectivity index (χ0) is 21.0. The number of amides is 2. The molecule has 0 atom stereocenters. The zero-order valence-corrected chi connectivity index (χ0v) is 16.7. The van der Waals surface area contributed by atoms with E-state index in [2.05, 4.69) is 15.6 Å². The summed E-state index contributed by atoms with van der Waals surface area (Å²) in [7, 11) is 13.1. The molecule has 2 fully saturated rings. The number of anilines is 2. The van der Waals surface area contributed by atoms with Crippen LogP contribution in [0.1, 0.15) is 51.5 Å². The van der Waals surface area contributed by atoms with E-state index in [-0.39, 0.29) is 5.91 Å². The van der Waals surface area contributed by atoms with Crippen molar-refractivity contribution in [3.63, 3.8) is 0 Å². The molecule has 146 valence electrons. The molecule has 7 nitrogen and oxygen atoms in total. The average molecular weight is 387 g/mol. The molecule has 1 spiro atoms. The van der Waals surface area contributed by atoms with Crippen LogP contribution >= 0.6 is 0 Å². The van der Waals surface area contributed by atoms with E-state index in [4.69, 9.17) is 21.4 Å². The summed E-state index contributed by atoms with van der Waals surface area (Å²) in [6.07, 6.45) is 6.74. The molecule has 1 aromatic heterocycles. The molecule has 1 saturated heterocycles. The van der Waals surface area contributed by atoms with Crippen LogP contribution in [0, 0.1) is 0 Å². The third kappa shape index (κ3) is 2.86. The maximum absolute atomic E-state index is 13.0. The second-order valence-corrected chi connectivity index (χ2v) is 8.14. The van der Waals surface area contributed by atoms with Gasteiger partial charge in [0.05, 0.1) is 15.7 Å². The largest absolute Gasteiger partial charge is 0.384 e. The molecule has 4 N–H and O–H groups in total. The van der Waals surface area contributed by atoms with Crippen molar-refractivity contribution in [3.8, 4) is 0 Å². The summed E-state index contributed by atoms with van der Waals surface area (Å²) >= 11 is 0. The Balaban J connectivity index is 1.85. The van der Waals surface area contributed by atoms with E-state index in [0.29, 0.717) is 39.6 Å². The van der Waals surface area contributed by atoms with Gasteiger partial charge in [0.2, 0.25) is 6.41 Å². The Hall–Kier alpha value is -2.70. The topological polar surface area (TPSA) is 100 Å². The van der Waals surface area contributed by atoms with Crippen molar-refractivity contribution in [1.82, 2.24) is 15.2 Å². The molecule has 0 aromatic carbocycles. The quantitative estimate of drug-likeness (QED) is 0.405. The first-order valence-corrected chi connectivity index (χ1v) is 9.82. The van der Waals surface area contributed by atoms with Crippen LogP contribution in [0.5, 0.6) is 0 Å². The minimum atomic E-state index is -1.40. The lowest BCUT2D eigenvalue weighted by Gasteiger charge is -2.41. The number of allylic oxidation sites excluding steroid dienone is 3. The molecule has 4 radical (unpaired) electrons. The Labute approximate surface area is 173 Å². The number of pyridine rings is 1. The van der Waals surface area contributed by atoms with Gasteiger partial charge in [-0.2, -0.15) is 0 Å². The van der Waals surface area contributed by atoms with Gasteiger partial charge in [0.15, 0.2) is 0 Å². The van der Waals surface area contributed by atoms with Gasteiger partial charge in [-0.1, -0.05) is 6.42 Å². The van der Waals surface area contributed by atoms with Crippen LogP contribution < -0.4 is 16.4 Å². The molecule has 2 amide bonds. The number of hydrogen-bond donors (Lipinski definition) is 3. The molecule has 3 heterocycles. The number of nitrogens with one attached hydrogen (secondary N) is 2. The van der Waals surface area contributed by atoms with E-state index < -0.39 is 10.9 Å². The van der Waals surface area contributed by atoms with Gasteiger partial charge in [-0.25, -0.2) is 4.98 Å². The van der Waals surface area contributed by atoms with Gasteiger partial charge in [0.1, 0.15) is 17.2 Å². The number of nitrogen functional groups attached to an aromatic ring is 1. The lowest BCUT2D eigenvalue weighted by atomic mass is 9.45. The van der Waals surface area contributed by atoms with Crippen molar-refractivity contribution in [2.45, 2.75) is 56.8 Å². The summed E-state index contributed by atoms with van der Waals surface area (Å²) in [5.74, 6) is 0.0637. The Morgan fingerprint density at radius 2 is 2.00 bits per heavy atom. The summed E-state index contributed by atoms with van der Waals surface area (Å²) in [4.78, 5) is 30.7. The molecule has 9 heteroatoms. The number of fused-ring (bicyclic) bond motifs is 1. The van der Waals surface area contributed by atoms with Crippen molar-refractivity contribution in [3.05, 3.63) is 40.4 Å². The van der Waals surface area contributed by atoms with Crippen LogP contribution in [-0.2, 0) is 14.8 Å². The summed E-state index contributed by atoms with van der Waals surface area (Å²) in [5, 5.41) is 4.91. The van der Waals surface area contributed by atoms with Crippen LogP contribution in [0.4, 0.5) is 11.5 Å². The van der Waals surface area contributed by atoms with E-state index >= 15 is 0 Å². The molecule has 1 saturated carbocycles. The summed E-state index contributed by atoms with van der Waals surface area (Å²) in [5.41, 5.74) is 8.48. The highest BCUT2D eigenvalue weighted by atomic mass is 16.2. The van der Waals surface area contributed by atoms with Crippen LogP contribution in [0.15, 0.2) is 34.8 Å². The average Bonchev–Trinajstić information content (AvgIpc) is 2.91. The monoisotopic (exact) mass is 387 g/mol. The summed E-state index contributed by atoms with van der Waals surface area (Å²) in [6.45, 7) is 3.61. The molecular weight excluding hydrogens is 364 g/mol. The highest BCUT2D eigenvalue weighted by Crippen LogP contribution is 2.45. The number of rotatable bonds is 2. The van der Waals surface area contributed by atoms with Gasteiger partial charge in [-0.05, 0) is 61.5 Å². The number of nitrogens with two attached hydrogens (primary N) is 1. The fourth-order valence-electron chi connectivity index (χ4n) is 4.99. The number of carbonyl (C=O) groups excluding carboxylic acids is 2. The molecule has 3 aliphatic rings. The van der Waals surface area contributed by atoms with E-state index in [0.717, 1.165) is 38.5 Å². The van der Waals surface area contributed by atoms with Crippen molar-refractivity contribution in [2.24, 2.45) is 0 Å². The van der Waals surface area contributed by atoms with Gasteiger partial charge in [-0.15, -0.1) is 0 Å². The molecule has 29 heavy (non-hydrogen) atoms. The Morgan fingerprint density at radius 3 is 2.66 bits per heavy atom. The van der Waals surface area contributed by atoms with E-state index in [1.54, 1.807) is 13.0 Å². The van der Waals surface area contributed by atoms with Crippen molar-refractivity contribution < 1.29 is 9.59 Å². The fourth-order valence-corrected chi connectivity index (χ4v) is 4.99. The van der Waals surface area contributed by atoms with E-state index in [1.807, 2.05) is 6.92 Å². The van der Waals surface area contributed by atoms with Gasteiger partial charge in [0, 0.05) is 23.6 Å². The summed E-state index contributed by atoms with van der Waals surface area (Å²) in [6, 6.07) is 1.67. The SMILES string of the molecule is [B]C1([B])C(/C(C)=C2/C(=O)NC3(CCCCC3)N2C=O)=C(C)Nc2cc(N)ncc21. The molecule has 1 aliphatic carbocycles. The highest BCUT2D eigenvalue weighted by Gasteiger charge is 2.49. The first kappa shape index (κ1) is 19.6. The lowest BCUT2D eigenvalue weighted by Crippen LogP contribution is -2.52. The minimum absolute atomic E-state index is 0.283. The molecule has 1 aromatic rings. The molecule has 0 unspecified atom stereocenters. The minimum Gasteiger partial charge on any atom is -0.384 e. The maximum atomic E-state index is 13.0. The zero-order valence-electron chi connectivity index (χ0n) is 16.7. The van der Waals surface area contributed by atoms with Gasteiger partial charge < -0.3 is 16.4 Å². The number of carbonyl (C=O) groups is 2. The molecular formula is C20H23B2N5O2. The second kappa shape index (κ2) is 6.68. The molecule has 0 bridgehead atoms. The van der Waals surface area contributed by atoms with E-state index in [1.165, 1.54) is 11.1 Å². The van der Waals surface area contributed by atoms with Crippen LogP contribution in [-0.4, -0.2) is 43.6 Å². The Kier molecular flexibility index (Phi) is 4.52. The van der Waals surface area contributed by atoms with Crippen LogP contribution in [0.2, 0.25) is 0 Å². The van der Waals surface area contributed by atoms with E-state index in [9.17, 15) is 9.59 Å². The fraction of sp³-hybridized carbons (Fsp3) is 0.450. The third-order valence-corrected chi connectivity index (χ3v) is 6.26. The predicted molar refractivity (Wildman–Crippen MR) is 113 cm³/mol. The van der Waals surface area contributed by atoms with Crippen molar-refractivity contribution >= 4 is 39.5 Å². The first-order chi connectivity index (χ1) is 13.7. The predicted octanol–water partition coefficient (Wildman–Crippen LogP) is 1.38. The maximum Gasteiger partial charge on any atom is 0.270 e. The second-order valence-electron chi connectivity index (χ2n) is 8.14. The van der Waals surface area contributed by atoms with Crippen LogP contribution in [0.3, 0.4) is 0 Å². The van der Waals surface area contributed by atoms with Gasteiger partial charge in [0.25, 0.3) is 5.91 Å². The number of aromatic nitrogens is 1. The molecule has 4 rings (SSSR count). The lowest BCUT2D eigenvalue weighted by molar-refractivity contribution is -0.121. The normalized spacial score (nSPS) is 24.1. The van der Waals surface area contributed by atoms with Gasteiger partial charge >= 0.3 is 0 Å². The standard InChI is InChI=1S/C20H23B2N5O2/c1-11(17-18(29)26-19(27(17)10-28)6-4-3-5-7-19)16-12(2)25-14-8-15(23)24-9-13(14)20(16,21)22/h8-10,25H,3-7H2,1-2H3,(H2,23,24)(H,26,29)/b17-11-. The van der Waals surface area contributed by atoms with Gasteiger partial charge in [-0.3, -0.25) is 14.5 Å². The van der Waals surface area contributed by atoms with Crippen molar-refractivity contribution in [1.29, 1.82) is 0 Å². The Morgan fingerprint density at radius 1 is 1.31 bits per heavy atom. The summed E-state index contributed by atoms with van der Waals surface area (Å²) < 4.78 is 0. The molecule has 2 aliphatic heterocycles. The highest BCUT2D eigenvalue weighted by molar-refractivity contribution is 6.43. The van der Waals surface area contributed by atoms with Crippen LogP contribution in [0.25, 0.3) is 0 Å².